The first-order valence-electron chi connectivity index (χ1n) is 21.5. The van der Waals surface area contributed by atoms with E-state index in [9.17, 15) is 19.2 Å². The van der Waals surface area contributed by atoms with Crippen LogP contribution < -0.4 is 10.6 Å². The van der Waals surface area contributed by atoms with Crippen LogP contribution in [0.4, 0.5) is 0 Å². The summed E-state index contributed by atoms with van der Waals surface area (Å²) in [4.78, 5) is 53.2. The van der Waals surface area contributed by atoms with E-state index in [1.165, 1.54) is 25.5 Å². The summed E-state index contributed by atoms with van der Waals surface area (Å²) in [5, 5.41) is 6.56. The van der Waals surface area contributed by atoms with E-state index in [4.69, 9.17) is 9.47 Å². The number of carbonyl (C=O) groups excluding carboxylic acids is 4. The monoisotopic (exact) mass is 751 g/mol. The van der Waals surface area contributed by atoms with Crippen LogP contribution in [0.1, 0.15) is 153 Å². The van der Waals surface area contributed by atoms with Crippen molar-refractivity contribution in [2.45, 2.75) is 171 Å². The Kier molecular flexibility index (Phi) is 10.6. The summed E-state index contributed by atoms with van der Waals surface area (Å²) in [5.41, 5.74) is 0.722. The number of allylic oxidation sites excluding steroid dienone is 1. The molecule has 2 amide bonds. The first kappa shape index (κ1) is 41.3. The van der Waals surface area contributed by atoms with Gasteiger partial charge in [0.1, 0.15) is 12.1 Å². The van der Waals surface area contributed by atoms with E-state index in [1.807, 2.05) is 13.8 Å². The Morgan fingerprint density at radius 2 is 1.48 bits per heavy atom. The lowest BCUT2D eigenvalue weighted by Crippen LogP contribution is -2.68. The highest BCUT2D eigenvalue weighted by Gasteiger charge is 2.72. The number of carbonyl (C=O) groups is 4. The summed E-state index contributed by atoms with van der Waals surface area (Å²) in [6, 6.07) is -0.777. The topological polar surface area (TPSA) is 111 Å². The third-order valence-electron chi connectivity index (χ3n) is 18.2. The second-order valence-corrected chi connectivity index (χ2v) is 21.6. The Balaban J connectivity index is 1.22. The molecule has 0 unspecified atom stereocenters. The maximum atomic E-state index is 15.0. The Hall–Kier alpha value is -2.38. The number of fused-ring (bicyclic) bond motifs is 7. The molecule has 0 aromatic rings. The largest absolute Gasteiger partial charge is 0.467 e. The van der Waals surface area contributed by atoms with Crippen molar-refractivity contribution < 1.29 is 28.7 Å². The molecule has 6 aliphatic carbocycles. The normalized spacial score (nSPS) is 43.5. The van der Waals surface area contributed by atoms with Gasteiger partial charge in [-0.2, -0.15) is 0 Å². The van der Waals surface area contributed by atoms with Crippen molar-refractivity contribution in [2.75, 3.05) is 7.11 Å². The van der Waals surface area contributed by atoms with Gasteiger partial charge in [-0.05, 0) is 141 Å². The Morgan fingerprint density at radius 1 is 0.796 bits per heavy atom. The van der Waals surface area contributed by atoms with Gasteiger partial charge in [0.15, 0.2) is 0 Å². The summed E-state index contributed by atoms with van der Waals surface area (Å²) in [6.07, 6.45) is 11.6. The zero-order valence-electron chi connectivity index (χ0n) is 35.9. The number of nitrogens with one attached hydrogen (secondary N) is 2. The zero-order chi connectivity index (χ0) is 40.0. The quantitative estimate of drug-likeness (QED) is 0.180. The summed E-state index contributed by atoms with van der Waals surface area (Å²) in [7, 11) is 1.36. The van der Waals surface area contributed by atoms with Gasteiger partial charge in [0.05, 0.1) is 12.5 Å². The van der Waals surface area contributed by atoms with Gasteiger partial charge in [-0.15, -0.1) is 0 Å². The molecule has 6 aliphatic rings. The molecule has 8 heteroatoms. The van der Waals surface area contributed by atoms with Crippen LogP contribution in [0, 0.1) is 73.9 Å². The van der Waals surface area contributed by atoms with E-state index in [0.29, 0.717) is 36.5 Å². The van der Waals surface area contributed by atoms with Gasteiger partial charge in [0.2, 0.25) is 11.8 Å². The molecule has 2 N–H and O–H groups in total. The molecule has 13 atom stereocenters. The molecule has 8 nitrogen and oxygen atoms in total. The SMILES string of the molecule is C=C(C)[C@@H]1CC[C@]2(C(=O)N[C@@H]3C[C@H](C(=O)N[C@@H](CC(C)C)C(=O)OC)C3(C)C)CC[C@]3(C)[C@H](CC[C@@H]4[C@@]5(C)CC[C@H](OC(C)=O)C(C)(C)[C@@H]5CC[C@]43C)[C@@H]12. The summed E-state index contributed by atoms with van der Waals surface area (Å²) >= 11 is 0. The first-order valence-corrected chi connectivity index (χ1v) is 21.5. The molecular formula is C46H74N2O6. The molecule has 0 radical (unpaired) electrons. The van der Waals surface area contributed by atoms with E-state index in [-0.39, 0.29) is 69.3 Å². The smallest absolute Gasteiger partial charge is 0.328 e. The third kappa shape index (κ3) is 6.10. The molecule has 0 aromatic heterocycles. The fraction of sp³-hybridized carbons (Fsp3) is 0.870. The maximum Gasteiger partial charge on any atom is 0.328 e. The van der Waals surface area contributed by atoms with Crippen LogP contribution in [-0.2, 0) is 28.7 Å². The summed E-state index contributed by atoms with van der Waals surface area (Å²) < 4.78 is 11.0. The molecule has 0 aromatic carbocycles. The first-order chi connectivity index (χ1) is 25.0. The number of methoxy groups -OCH3 is 1. The molecule has 0 aliphatic heterocycles. The van der Waals surface area contributed by atoms with Gasteiger partial charge in [-0.1, -0.05) is 74.5 Å². The van der Waals surface area contributed by atoms with E-state index < -0.39 is 22.8 Å². The minimum absolute atomic E-state index is 0.0278. The molecule has 304 valence electrons. The van der Waals surface area contributed by atoms with E-state index in [2.05, 4.69) is 72.6 Å². The molecule has 0 bridgehead atoms. The maximum absolute atomic E-state index is 15.0. The number of rotatable bonds is 9. The van der Waals surface area contributed by atoms with E-state index in [0.717, 1.165) is 51.4 Å². The van der Waals surface area contributed by atoms with Gasteiger partial charge in [-0.3, -0.25) is 14.4 Å². The zero-order valence-corrected chi connectivity index (χ0v) is 35.9. The van der Waals surface area contributed by atoms with Crippen LogP contribution in [0.25, 0.3) is 0 Å². The fourth-order valence-electron chi connectivity index (χ4n) is 14.9. The van der Waals surface area contributed by atoms with Gasteiger partial charge >= 0.3 is 11.9 Å². The van der Waals surface area contributed by atoms with Crippen molar-refractivity contribution in [3.63, 3.8) is 0 Å². The lowest BCUT2D eigenvalue weighted by Gasteiger charge is -2.73. The number of esters is 2. The minimum atomic E-state index is -0.669. The van der Waals surface area contributed by atoms with Crippen molar-refractivity contribution in [3.05, 3.63) is 12.2 Å². The Morgan fingerprint density at radius 3 is 2.07 bits per heavy atom. The predicted octanol–water partition coefficient (Wildman–Crippen LogP) is 8.81. The number of amides is 2. The molecule has 6 saturated carbocycles. The molecule has 0 heterocycles. The summed E-state index contributed by atoms with van der Waals surface area (Å²) in [5.74, 6) is 1.53. The average molecular weight is 751 g/mol. The molecular weight excluding hydrogens is 677 g/mol. The van der Waals surface area contributed by atoms with Crippen molar-refractivity contribution in [2.24, 2.45) is 73.9 Å². The second-order valence-electron chi connectivity index (χ2n) is 21.6. The van der Waals surface area contributed by atoms with Crippen LogP contribution in [0.3, 0.4) is 0 Å². The van der Waals surface area contributed by atoms with Crippen molar-refractivity contribution in [1.29, 1.82) is 0 Å². The third-order valence-corrected chi connectivity index (χ3v) is 18.2. The standard InChI is InChI=1S/C46H74N2O6/c1-26(2)24-32(39(51)53-13)47-38(50)31-25-35(41(31,6)7)48-40(52)46-21-16-29(27(3)4)37(46)30-14-15-34-43(10)19-18-36(54-28(5)49)42(8,9)33(43)17-20-45(34,12)44(30,11)22-23-46/h26,29-37H,3,14-25H2,1-2,4-13H3,(H,47,50)(H,48,52)/t29-,30+,31+,32-,33-,34+,35+,36-,37+,43-,44+,45+,46-/m0/s1. The average Bonchev–Trinajstić information content (AvgIpc) is 3.48. The van der Waals surface area contributed by atoms with Crippen LogP contribution in [0.5, 0.6) is 0 Å². The predicted molar refractivity (Wildman–Crippen MR) is 212 cm³/mol. The van der Waals surface area contributed by atoms with Crippen LogP contribution >= 0.6 is 0 Å². The van der Waals surface area contributed by atoms with Gasteiger partial charge in [0.25, 0.3) is 0 Å². The Bertz CT molecular complexity index is 1530. The summed E-state index contributed by atoms with van der Waals surface area (Å²) in [6.45, 7) is 29.0. The highest BCUT2D eigenvalue weighted by atomic mass is 16.5. The van der Waals surface area contributed by atoms with Crippen molar-refractivity contribution in [3.8, 4) is 0 Å². The van der Waals surface area contributed by atoms with E-state index in [1.54, 1.807) is 6.92 Å². The fourth-order valence-corrected chi connectivity index (χ4v) is 14.9. The lowest BCUT2D eigenvalue weighted by atomic mass is 9.32. The number of hydrogen-bond acceptors (Lipinski definition) is 6. The van der Waals surface area contributed by atoms with Crippen LogP contribution in [0.2, 0.25) is 0 Å². The molecule has 0 saturated heterocycles. The van der Waals surface area contributed by atoms with Crippen molar-refractivity contribution >= 4 is 23.8 Å². The van der Waals surface area contributed by atoms with Crippen molar-refractivity contribution in [1.82, 2.24) is 10.6 Å². The van der Waals surface area contributed by atoms with Crippen LogP contribution in [-0.4, -0.2) is 49.1 Å². The molecule has 6 fully saturated rings. The minimum Gasteiger partial charge on any atom is -0.467 e. The molecule has 54 heavy (non-hydrogen) atoms. The van der Waals surface area contributed by atoms with Crippen LogP contribution in [0.15, 0.2) is 12.2 Å². The molecule has 0 spiro atoms. The van der Waals surface area contributed by atoms with Gasteiger partial charge in [-0.25, -0.2) is 4.79 Å². The van der Waals surface area contributed by atoms with Gasteiger partial charge in [0, 0.05) is 24.3 Å². The highest BCUT2D eigenvalue weighted by Crippen LogP contribution is 2.77. The lowest BCUT2D eigenvalue weighted by molar-refractivity contribution is -0.249. The van der Waals surface area contributed by atoms with E-state index >= 15 is 0 Å². The second kappa shape index (κ2) is 13.9. The van der Waals surface area contributed by atoms with Gasteiger partial charge < -0.3 is 20.1 Å². The number of ether oxygens (including phenoxy) is 2. The highest BCUT2D eigenvalue weighted by molar-refractivity contribution is 5.88. The molecule has 6 rings (SSSR count). The Labute approximate surface area is 326 Å². The number of hydrogen-bond donors (Lipinski definition) is 2.